The van der Waals surface area contributed by atoms with Crippen LogP contribution in [0.15, 0.2) is 29.4 Å². The lowest BCUT2D eigenvalue weighted by molar-refractivity contribution is -0.118. The standard InChI is InChI=1S/C19H25N3O3S/c1-5-24-16-6-8-17(9-7-16)25-11-10-20-18(23)12-26-19-21-14(3)13(2)15(4)22-19/h6-9H,5,10-12H2,1-4H3,(H,20,23). The highest BCUT2D eigenvalue weighted by molar-refractivity contribution is 7.99. The van der Waals surface area contributed by atoms with E-state index in [2.05, 4.69) is 15.3 Å². The predicted octanol–water partition coefficient (Wildman–Crippen LogP) is 3.09. The molecule has 2 aromatic rings. The van der Waals surface area contributed by atoms with Gasteiger partial charge in [0.2, 0.25) is 5.91 Å². The second kappa shape index (κ2) is 10.0. The summed E-state index contributed by atoms with van der Waals surface area (Å²) in [5.41, 5.74) is 2.98. The Balaban J connectivity index is 1.67. The first kappa shape index (κ1) is 20.0. The third kappa shape index (κ3) is 6.22. The highest BCUT2D eigenvalue weighted by atomic mass is 32.2. The van der Waals surface area contributed by atoms with Crippen molar-refractivity contribution < 1.29 is 14.3 Å². The van der Waals surface area contributed by atoms with E-state index in [1.165, 1.54) is 11.8 Å². The van der Waals surface area contributed by atoms with E-state index in [4.69, 9.17) is 9.47 Å². The number of hydrogen-bond donors (Lipinski definition) is 1. The van der Waals surface area contributed by atoms with Gasteiger partial charge in [0.05, 0.1) is 18.9 Å². The molecule has 0 aliphatic carbocycles. The summed E-state index contributed by atoms with van der Waals surface area (Å²) in [5.74, 6) is 1.78. The number of aryl methyl sites for hydroxylation is 2. The molecule has 0 radical (unpaired) electrons. The van der Waals surface area contributed by atoms with E-state index in [0.717, 1.165) is 28.5 Å². The number of benzene rings is 1. The molecule has 0 aliphatic rings. The minimum atomic E-state index is -0.0650. The fourth-order valence-electron chi connectivity index (χ4n) is 2.15. The van der Waals surface area contributed by atoms with E-state index in [-0.39, 0.29) is 11.7 Å². The molecule has 0 spiro atoms. The molecule has 0 aliphatic heterocycles. The average Bonchev–Trinajstić information content (AvgIpc) is 2.63. The van der Waals surface area contributed by atoms with Crippen LogP contribution in [0.4, 0.5) is 0 Å². The van der Waals surface area contributed by atoms with Crippen LogP contribution in [0.25, 0.3) is 0 Å². The number of nitrogens with one attached hydrogen (secondary N) is 1. The summed E-state index contributed by atoms with van der Waals surface area (Å²) in [6, 6.07) is 7.42. The number of aromatic nitrogens is 2. The van der Waals surface area contributed by atoms with Gasteiger partial charge in [0.15, 0.2) is 5.16 Å². The molecule has 1 heterocycles. The van der Waals surface area contributed by atoms with E-state index in [1.807, 2.05) is 52.0 Å². The third-order valence-corrected chi connectivity index (χ3v) is 4.62. The van der Waals surface area contributed by atoms with Crippen molar-refractivity contribution in [3.05, 3.63) is 41.2 Å². The van der Waals surface area contributed by atoms with E-state index in [9.17, 15) is 4.79 Å². The normalized spacial score (nSPS) is 10.5. The van der Waals surface area contributed by atoms with Crippen molar-refractivity contribution in [2.24, 2.45) is 0 Å². The molecule has 0 saturated carbocycles. The van der Waals surface area contributed by atoms with Gasteiger partial charge in [-0.3, -0.25) is 4.79 Å². The molecular weight excluding hydrogens is 350 g/mol. The Labute approximate surface area is 158 Å². The van der Waals surface area contributed by atoms with Crippen molar-refractivity contribution in [3.63, 3.8) is 0 Å². The smallest absolute Gasteiger partial charge is 0.230 e. The summed E-state index contributed by atoms with van der Waals surface area (Å²) in [5, 5.41) is 3.46. The van der Waals surface area contributed by atoms with Crippen LogP contribution >= 0.6 is 11.8 Å². The zero-order valence-electron chi connectivity index (χ0n) is 15.7. The molecule has 0 saturated heterocycles. The van der Waals surface area contributed by atoms with Crippen molar-refractivity contribution in [3.8, 4) is 11.5 Å². The molecule has 2 rings (SSSR count). The first-order chi connectivity index (χ1) is 12.5. The Kier molecular flexibility index (Phi) is 7.72. The first-order valence-corrected chi connectivity index (χ1v) is 9.55. The third-order valence-electron chi connectivity index (χ3n) is 3.77. The summed E-state index contributed by atoms with van der Waals surface area (Å²) in [4.78, 5) is 20.7. The van der Waals surface area contributed by atoms with Gasteiger partial charge in [0, 0.05) is 11.4 Å². The van der Waals surface area contributed by atoms with Gasteiger partial charge in [-0.05, 0) is 57.5 Å². The maximum Gasteiger partial charge on any atom is 0.230 e. The minimum Gasteiger partial charge on any atom is -0.494 e. The fourth-order valence-corrected chi connectivity index (χ4v) is 2.91. The molecule has 0 bridgehead atoms. The molecule has 1 N–H and O–H groups in total. The second-order valence-corrected chi connectivity index (χ2v) is 6.64. The SMILES string of the molecule is CCOc1ccc(OCCNC(=O)CSc2nc(C)c(C)c(C)n2)cc1. The van der Waals surface area contributed by atoms with Crippen molar-refractivity contribution >= 4 is 17.7 Å². The number of rotatable bonds is 9. The van der Waals surface area contributed by atoms with Gasteiger partial charge in [-0.15, -0.1) is 0 Å². The van der Waals surface area contributed by atoms with Crippen molar-refractivity contribution in [2.45, 2.75) is 32.9 Å². The van der Waals surface area contributed by atoms with Gasteiger partial charge in [-0.2, -0.15) is 0 Å². The number of ether oxygens (including phenoxy) is 2. The Hall–Kier alpha value is -2.28. The van der Waals surface area contributed by atoms with Crippen LogP contribution < -0.4 is 14.8 Å². The van der Waals surface area contributed by atoms with Gasteiger partial charge in [0.1, 0.15) is 18.1 Å². The highest BCUT2D eigenvalue weighted by Crippen LogP contribution is 2.18. The zero-order chi connectivity index (χ0) is 18.9. The van der Waals surface area contributed by atoms with Crippen LogP contribution in [0.1, 0.15) is 23.9 Å². The molecule has 1 amide bonds. The summed E-state index contributed by atoms with van der Waals surface area (Å²) in [7, 11) is 0. The van der Waals surface area contributed by atoms with Gasteiger partial charge in [0.25, 0.3) is 0 Å². The molecule has 1 aromatic heterocycles. The first-order valence-electron chi connectivity index (χ1n) is 8.56. The molecule has 0 atom stereocenters. The number of amides is 1. The van der Waals surface area contributed by atoms with Crippen LogP contribution in [-0.2, 0) is 4.79 Å². The Morgan fingerprint density at radius 1 is 1.04 bits per heavy atom. The van der Waals surface area contributed by atoms with E-state index >= 15 is 0 Å². The summed E-state index contributed by atoms with van der Waals surface area (Å²) >= 11 is 1.34. The number of nitrogens with zero attached hydrogens (tertiary/aromatic N) is 2. The van der Waals surface area contributed by atoms with Crippen LogP contribution in [0.3, 0.4) is 0 Å². The van der Waals surface area contributed by atoms with Crippen LogP contribution in [0, 0.1) is 20.8 Å². The Morgan fingerprint density at radius 3 is 2.19 bits per heavy atom. The van der Waals surface area contributed by atoms with E-state index < -0.39 is 0 Å². The van der Waals surface area contributed by atoms with Crippen molar-refractivity contribution in [2.75, 3.05) is 25.5 Å². The molecular formula is C19H25N3O3S. The summed E-state index contributed by atoms with van der Waals surface area (Å²) in [6.07, 6.45) is 0. The van der Waals surface area contributed by atoms with Gasteiger partial charge in [-0.1, -0.05) is 11.8 Å². The minimum absolute atomic E-state index is 0.0650. The molecule has 6 nitrogen and oxygen atoms in total. The topological polar surface area (TPSA) is 73.3 Å². The number of carbonyl (C=O) groups is 1. The van der Waals surface area contributed by atoms with Gasteiger partial charge in [-0.25, -0.2) is 9.97 Å². The number of hydrogen-bond acceptors (Lipinski definition) is 6. The Morgan fingerprint density at radius 2 is 1.62 bits per heavy atom. The van der Waals surface area contributed by atoms with Gasteiger partial charge >= 0.3 is 0 Å². The number of carbonyl (C=O) groups excluding carboxylic acids is 1. The lowest BCUT2D eigenvalue weighted by atomic mass is 10.2. The molecule has 0 unspecified atom stereocenters. The van der Waals surface area contributed by atoms with E-state index in [1.54, 1.807) is 0 Å². The van der Waals surface area contributed by atoms with Crippen LogP contribution in [0.2, 0.25) is 0 Å². The summed E-state index contributed by atoms with van der Waals surface area (Å²) < 4.78 is 11.0. The molecule has 7 heteroatoms. The van der Waals surface area contributed by atoms with Crippen molar-refractivity contribution in [1.82, 2.24) is 15.3 Å². The Bertz CT molecular complexity index is 712. The van der Waals surface area contributed by atoms with Crippen LogP contribution in [0.5, 0.6) is 11.5 Å². The second-order valence-electron chi connectivity index (χ2n) is 5.69. The monoisotopic (exact) mass is 375 g/mol. The van der Waals surface area contributed by atoms with Crippen LogP contribution in [-0.4, -0.2) is 41.4 Å². The quantitative estimate of drug-likeness (QED) is 0.412. The lowest BCUT2D eigenvalue weighted by Crippen LogP contribution is -2.29. The maximum absolute atomic E-state index is 11.9. The predicted molar refractivity (Wildman–Crippen MR) is 103 cm³/mol. The highest BCUT2D eigenvalue weighted by Gasteiger charge is 2.08. The zero-order valence-corrected chi connectivity index (χ0v) is 16.5. The fraction of sp³-hybridized carbons (Fsp3) is 0.421. The average molecular weight is 375 g/mol. The van der Waals surface area contributed by atoms with Gasteiger partial charge < -0.3 is 14.8 Å². The molecule has 0 fully saturated rings. The largest absolute Gasteiger partial charge is 0.494 e. The molecule has 26 heavy (non-hydrogen) atoms. The van der Waals surface area contributed by atoms with E-state index in [0.29, 0.717) is 24.9 Å². The number of thioether (sulfide) groups is 1. The summed E-state index contributed by atoms with van der Waals surface area (Å²) in [6.45, 7) is 9.33. The maximum atomic E-state index is 11.9. The molecule has 1 aromatic carbocycles. The molecule has 140 valence electrons. The lowest BCUT2D eigenvalue weighted by Gasteiger charge is -2.09. The van der Waals surface area contributed by atoms with Crippen molar-refractivity contribution in [1.29, 1.82) is 0 Å².